The van der Waals surface area contributed by atoms with E-state index in [9.17, 15) is 4.79 Å². The molecule has 19 heavy (non-hydrogen) atoms. The van der Waals surface area contributed by atoms with Crippen LogP contribution in [0.4, 0.5) is 0 Å². The lowest BCUT2D eigenvalue weighted by Gasteiger charge is -2.18. The Hall–Kier alpha value is -1.39. The Kier molecular flexibility index (Phi) is 5.36. The lowest BCUT2D eigenvalue weighted by molar-refractivity contribution is -0.123. The Balaban J connectivity index is 1.81. The fourth-order valence-electron chi connectivity index (χ4n) is 2.32. The Bertz CT molecular complexity index is 388. The van der Waals surface area contributed by atoms with Crippen LogP contribution in [0.25, 0.3) is 0 Å². The van der Waals surface area contributed by atoms with Crippen LogP contribution >= 0.6 is 0 Å². The first-order valence-electron chi connectivity index (χ1n) is 6.90. The van der Waals surface area contributed by atoms with Crippen LogP contribution < -0.4 is 10.6 Å². The molecule has 1 aliphatic rings. The van der Waals surface area contributed by atoms with E-state index in [0.29, 0.717) is 13.0 Å². The minimum absolute atomic E-state index is 0.0434. The number of nitrogens with one attached hydrogen (secondary N) is 2. The zero-order valence-electron chi connectivity index (χ0n) is 11.4. The Morgan fingerprint density at radius 2 is 2.21 bits per heavy atom. The van der Waals surface area contributed by atoms with E-state index in [2.05, 4.69) is 10.6 Å². The van der Waals surface area contributed by atoms with Gasteiger partial charge in [0.05, 0.1) is 12.1 Å². The van der Waals surface area contributed by atoms with Gasteiger partial charge in [-0.2, -0.15) is 0 Å². The predicted octanol–water partition coefficient (Wildman–Crippen LogP) is 1.11. The highest BCUT2D eigenvalue weighted by Crippen LogP contribution is 2.10. The van der Waals surface area contributed by atoms with Crippen molar-refractivity contribution in [3.63, 3.8) is 0 Å². The van der Waals surface area contributed by atoms with E-state index in [0.717, 1.165) is 25.0 Å². The average Bonchev–Trinajstić information content (AvgIpc) is 2.96. The van der Waals surface area contributed by atoms with E-state index in [1.54, 1.807) is 0 Å². The van der Waals surface area contributed by atoms with Crippen LogP contribution in [-0.4, -0.2) is 38.3 Å². The number of benzene rings is 1. The van der Waals surface area contributed by atoms with E-state index in [4.69, 9.17) is 4.74 Å². The molecule has 0 aromatic heterocycles. The van der Waals surface area contributed by atoms with Gasteiger partial charge in [0.25, 0.3) is 0 Å². The molecule has 1 aromatic rings. The zero-order valence-corrected chi connectivity index (χ0v) is 11.4. The molecule has 4 heteroatoms. The number of rotatable bonds is 6. The first-order chi connectivity index (χ1) is 9.29. The molecule has 104 valence electrons. The molecule has 1 unspecified atom stereocenters. The first-order valence-corrected chi connectivity index (χ1v) is 6.90. The molecule has 1 amide bonds. The van der Waals surface area contributed by atoms with Crippen LogP contribution in [0.2, 0.25) is 0 Å². The molecule has 0 saturated carbocycles. The second-order valence-electron chi connectivity index (χ2n) is 4.91. The van der Waals surface area contributed by atoms with Crippen LogP contribution in [0.3, 0.4) is 0 Å². The molecule has 0 bridgehead atoms. The molecule has 4 nitrogen and oxygen atoms in total. The summed E-state index contributed by atoms with van der Waals surface area (Å²) in [6.45, 7) is 1.44. The third-order valence-corrected chi connectivity index (χ3v) is 3.48. The highest BCUT2D eigenvalue weighted by atomic mass is 16.5. The summed E-state index contributed by atoms with van der Waals surface area (Å²) in [6, 6.07) is 9.85. The summed E-state index contributed by atoms with van der Waals surface area (Å²) in [5, 5.41) is 6.04. The van der Waals surface area contributed by atoms with Gasteiger partial charge in [0.15, 0.2) is 0 Å². The first kappa shape index (κ1) is 14.0. The van der Waals surface area contributed by atoms with Gasteiger partial charge in [0, 0.05) is 13.2 Å². The SMILES string of the molecule is CN[C@H](Cc1ccccc1)C(=O)NCC1CCCO1. The van der Waals surface area contributed by atoms with Gasteiger partial charge in [-0.1, -0.05) is 30.3 Å². The van der Waals surface area contributed by atoms with E-state index in [1.807, 2.05) is 37.4 Å². The van der Waals surface area contributed by atoms with E-state index < -0.39 is 0 Å². The topological polar surface area (TPSA) is 50.4 Å². The number of likely N-dealkylation sites (N-methyl/N-ethyl adjacent to an activating group) is 1. The summed E-state index contributed by atoms with van der Waals surface area (Å²) in [5.74, 6) is 0.0434. The average molecular weight is 262 g/mol. The van der Waals surface area contributed by atoms with Crippen molar-refractivity contribution in [2.75, 3.05) is 20.2 Å². The number of hydrogen-bond acceptors (Lipinski definition) is 3. The molecule has 2 N–H and O–H groups in total. The molecule has 2 atom stereocenters. The van der Waals surface area contributed by atoms with Gasteiger partial charge < -0.3 is 15.4 Å². The second-order valence-corrected chi connectivity index (χ2v) is 4.91. The predicted molar refractivity (Wildman–Crippen MR) is 75.0 cm³/mol. The Labute approximate surface area is 114 Å². The molecule has 0 radical (unpaired) electrons. The van der Waals surface area contributed by atoms with Crippen LogP contribution in [0.1, 0.15) is 18.4 Å². The number of hydrogen-bond donors (Lipinski definition) is 2. The highest BCUT2D eigenvalue weighted by molar-refractivity contribution is 5.82. The molecule has 1 fully saturated rings. The minimum atomic E-state index is -0.191. The maximum absolute atomic E-state index is 12.1. The summed E-state index contributed by atoms with van der Waals surface area (Å²) in [6.07, 6.45) is 3.04. The molecule has 0 aliphatic carbocycles. The van der Waals surface area contributed by atoms with Gasteiger partial charge in [-0.25, -0.2) is 0 Å². The monoisotopic (exact) mass is 262 g/mol. The fraction of sp³-hybridized carbons (Fsp3) is 0.533. The molecule has 2 rings (SSSR count). The number of carbonyl (C=O) groups excluding carboxylic acids is 1. The van der Waals surface area contributed by atoms with Gasteiger partial charge in [0.2, 0.25) is 5.91 Å². The molecular weight excluding hydrogens is 240 g/mol. The van der Waals surface area contributed by atoms with Crippen molar-refractivity contribution in [1.29, 1.82) is 0 Å². The van der Waals surface area contributed by atoms with Crippen LogP contribution in [0.5, 0.6) is 0 Å². The van der Waals surface area contributed by atoms with Crippen molar-refractivity contribution in [1.82, 2.24) is 10.6 Å². The standard InChI is InChI=1S/C15H22N2O2/c1-16-14(10-12-6-3-2-4-7-12)15(18)17-11-13-8-5-9-19-13/h2-4,6-7,13-14,16H,5,8-11H2,1H3,(H,17,18)/t13?,14-/m1/s1. The Morgan fingerprint density at radius 1 is 1.42 bits per heavy atom. The van der Waals surface area contributed by atoms with Gasteiger partial charge in [0.1, 0.15) is 0 Å². The van der Waals surface area contributed by atoms with E-state index in [1.165, 1.54) is 0 Å². The van der Waals surface area contributed by atoms with Gasteiger partial charge >= 0.3 is 0 Å². The molecule has 0 spiro atoms. The summed E-state index contributed by atoms with van der Waals surface area (Å²) in [5.41, 5.74) is 1.16. The third-order valence-electron chi connectivity index (χ3n) is 3.48. The third kappa shape index (κ3) is 4.33. The quantitative estimate of drug-likeness (QED) is 0.807. The number of ether oxygens (including phenoxy) is 1. The van der Waals surface area contributed by atoms with Crippen molar-refractivity contribution in [2.45, 2.75) is 31.4 Å². The highest BCUT2D eigenvalue weighted by Gasteiger charge is 2.20. The summed E-state index contributed by atoms with van der Waals surface area (Å²) >= 11 is 0. The summed E-state index contributed by atoms with van der Waals surface area (Å²) in [7, 11) is 1.82. The zero-order chi connectivity index (χ0) is 13.5. The molecular formula is C15H22N2O2. The van der Waals surface area contributed by atoms with Crippen molar-refractivity contribution < 1.29 is 9.53 Å². The van der Waals surface area contributed by atoms with Crippen molar-refractivity contribution in [2.24, 2.45) is 0 Å². The largest absolute Gasteiger partial charge is 0.376 e. The smallest absolute Gasteiger partial charge is 0.237 e. The van der Waals surface area contributed by atoms with Crippen LogP contribution in [0.15, 0.2) is 30.3 Å². The lowest BCUT2D eigenvalue weighted by atomic mass is 10.1. The minimum Gasteiger partial charge on any atom is -0.376 e. The van der Waals surface area contributed by atoms with E-state index >= 15 is 0 Å². The maximum atomic E-state index is 12.1. The van der Waals surface area contributed by atoms with Gasteiger partial charge in [-0.3, -0.25) is 4.79 Å². The van der Waals surface area contributed by atoms with E-state index in [-0.39, 0.29) is 18.1 Å². The van der Waals surface area contributed by atoms with Crippen LogP contribution in [0, 0.1) is 0 Å². The summed E-state index contributed by atoms with van der Waals surface area (Å²) in [4.78, 5) is 12.1. The second kappa shape index (κ2) is 7.26. The molecule has 1 heterocycles. The Morgan fingerprint density at radius 3 is 2.84 bits per heavy atom. The van der Waals surface area contributed by atoms with Gasteiger partial charge in [-0.15, -0.1) is 0 Å². The van der Waals surface area contributed by atoms with Gasteiger partial charge in [-0.05, 0) is 31.9 Å². The van der Waals surface area contributed by atoms with Crippen LogP contribution in [-0.2, 0) is 16.0 Å². The number of amides is 1. The van der Waals surface area contributed by atoms with Crippen molar-refractivity contribution in [3.05, 3.63) is 35.9 Å². The van der Waals surface area contributed by atoms with Crippen molar-refractivity contribution in [3.8, 4) is 0 Å². The fourth-order valence-corrected chi connectivity index (χ4v) is 2.32. The summed E-state index contributed by atoms with van der Waals surface area (Å²) < 4.78 is 5.50. The molecule has 1 saturated heterocycles. The maximum Gasteiger partial charge on any atom is 0.237 e. The van der Waals surface area contributed by atoms with Crippen molar-refractivity contribution >= 4 is 5.91 Å². The molecule has 1 aliphatic heterocycles. The molecule has 1 aromatic carbocycles. The lowest BCUT2D eigenvalue weighted by Crippen LogP contribution is -2.46. The normalized spacial score (nSPS) is 20.2. The number of carbonyl (C=O) groups is 1.